The molecular formula is C14H15BrFN3. The van der Waals surface area contributed by atoms with E-state index in [1.54, 1.807) is 18.5 Å². The topological polar surface area (TPSA) is 42.2 Å². The van der Waals surface area contributed by atoms with Crippen LogP contribution >= 0.6 is 15.9 Å². The standard InChI is InChI=1S/C14H15BrFN3/c1-2-19(9-10-3-5-18-6-4-10)14-7-11(15)12(16)8-13(14)17/h3-8H,2,9,17H2,1H3. The summed E-state index contributed by atoms with van der Waals surface area (Å²) in [5.41, 5.74) is 8.31. The average Bonchev–Trinajstić information content (AvgIpc) is 2.42. The predicted octanol–water partition coefficient (Wildman–Crippen LogP) is 3.59. The van der Waals surface area contributed by atoms with Crippen LogP contribution in [-0.2, 0) is 6.54 Å². The summed E-state index contributed by atoms with van der Waals surface area (Å²) in [6.45, 7) is 3.53. The molecule has 2 N–H and O–H groups in total. The normalized spacial score (nSPS) is 10.5. The summed E-state index contributed by atoms with van der Waals surface area (Å²) in [5, 5.41) is 0. The van der Waals surface area contributed by atoms with Crippen LogP contribution in [0.4, 0.5) is 15.8 Å². The molecule has 19 heavy (non-hydrogen) atoms. The Labute approximate surface area is 120 Å². The van der Waals surface area contributed by atoms with Gasteiger partial charge < -0.3 is 10.6 Å². The van der Waals surface area contributed by atoms with E-state index in [4.69, 9.17) is 5.73 Å². The van der Waals surface area contributed by atoms with E-state index in [9.17, 15) is 4.39 Å². The Morgan fingerprint density at radius 3 is 2.63 bits per heavy atom. The third kappa shape index (κ3) is 3.23. The molecular weight excluding hydrogens is 309 g/mol. The number of nitrogens with zero attached hydrogens (tertiary/aromatic N) is 2. The minimum Gasteiger partial charge on any atom is -0.397 e. The zero-order chi connectivity index (χ0) is 13.8. The number of hydrogen-bond acceptors (Lipinski definition) is 3. The zero-order valence-corrected chi connectivity index (χ0v) is 12.2. The number of halogens is 2. The molecule has 1 aromatic carbocycles. The van der Waals surface area contributed by atoms with Crippen molar-refractivity contribution in [3.8, 4) is 0 Å². The molecule has 0 saturated carbocycles. The first-order valence-electron chi connectivity index (χ1n) is 6.00. The maximum atomic E-state index is 13.4. The maximum absolute atomic E-state index is 13.4. The second-order valence-electron chi connectivity index (χ2n) is 4.19. The second kappa shape index (κ2) is 6.02. The fourth-order valence-corrected chi connectivity index (χ4v) is 2.23. The third-order valence-corrected chi connectivity index (χ3v) is 3.52. The molecule has 2 aromatic rings. The van der Waals surface area contributed by atoms with Gasteiger partial charge in [-0.2, -0.15) is 0 Å². The summed E-state index contributed by atoms with van der Waals surface area (Å²) >= 11 is 3.20. The number of nitrogen functional groups attached to an aromatic ring is 1. The predicted molar refractivity (Wildman–Crippen MR) is 79.5 cm³/mol. The molecule has 3 nitrogen and oxygen atoms in total. The molecule has 0 radical (unpaired) electrons. The molecule has 0 unspecified atom stereocenters. The van der Waals surface area contributed by atoms with Gasteiger partial charge in [0.25, 0.3) is 0 Å². The molecule has 2 rings (SSSR count). The molecule has 5 heteroatoms. The van der Waals surface area contributed by atoms with Gasteiger partial charge >= 0.3 is 0 Å². The zero-order valence-electron chi connectivity index (χ0n) is 10.6. The van der Waals surface area contributed by atoms with Crippen LogP contribution in [-0.4, -0.2) is 11.5 Å². The Bertz CT molecular complexity index is 560. The minimum absolute atomic E-state index is 0.346. The van der Waals surface area contributed by atoms with Crippen LogP contribution in [0.2, 0.25) is 0 Å². The lowest BCUT2D eigenvalue weighted by atomic mass is 10.2. The van der Waals surface area contributed by atoms with E-state index in [1.165, 1.54) is 6.07 Å². The first kappa shape index (κ1) is 13.8. The van der Waals surface area contributed by atoms with Gasteiger partial charge in [-0.3, -0.25) is 4.98 Å². The van der Waals surface area contributed by atoms with Gasteiger partial charge in [0.2, 0.25) is 0 Å². The van der Waals surface area contributed by atoms with E-state index in [0.717, 1.165) is 17.8 Å². The van der Waals surface area contributed by atoms with Crippen LogP contribution < -0.4 is 10.6 Å². The van der Waals surface area contributed by atoms with Gasteiger partial charge in [-0.05, 0) is 46.6 Å². The highest BCUT2D eigenvalue weighted by molar-refractivity contribution is 9.10. The van der Waals surface area contributed by atoms with E-state index in [2.05, 4.69) is 25.8 Å². The van der Waals surface area contributed by atoms with E-state index in [1.807, 2.05) is 19.1 Å². The van der Waals surface area contributed by atoms with Gasteiger partial charge in [0.05, 0.1) is 15.8 Å². The molecule has 0 fully saturated rings. The number of nitrogens with two attached hydrogens (primary N) is 1. The smallest absolute Gasteiger partial charge is 0.139 e. The van der Waals surface area contributed by atoms with E-state index < -0.39 is 0 Å². The molecule has 1 heterocycles. The molecule has 0 amide bonds. The highest BCUT2D eigenvalue weighted by atomic mass is 79.9. The van der Waals surface area contributed by atoms with Crippen molar-refractivity contribution >= 4 is 27.3 Å². The van der Waals surface area contributed by atoms with Crippen molar-refractivity contribution in [3.05, 3.63) is 52.5 Å². The number of aromatic nitrogens is 1. The monoisotopic (exact) mass is 323 g/mol. The summed E-state index contributed by atoms with van der Waals surface area (Å²) in [7, 11) is 0. The fraction of sp³-hybridized carbons (Fsp3) is 0.214. The lowest BCUT2D eigenvalue weighted by Crippen LogP contribution is -2.23. The lowest BCUT2D eigenvalue weighted by Gasteiger charge is -2.25. The van der Waals surface area contributed by atoms with Crippen LogP contribution in [0.5, 0.6) is 0 Å². The highest BCUT2D eigenvalue weighted by Gasteiger charge is 2.12. The van der Waals surface area contributed by atoms with Gasteiger partial charge in [-0.15, -0.1) is 0 Å². The molecule has 100 valence electrons. The van der Waals surface area contributed by atoms with E-state index >= 15 is 0 Å². The first-order valence-corrected chi connectivity index (χ1v) is 6.79. The van der Waals surface area contributed by atoms with Crippen LogP contribution in [0, 0.1) is 5.82 Å². The fourth-order valence-electron chi connectivity index (χ4n) is 1.90. The number of hydrogen-bond donors (Lipinski definition) is 1. The van der Waals surface area contributed by atoms with Gasteiger partial charge in [0, 0.05) is 31.5 Å². The molecule has 0 aliphatic rings. The highest BCUT2D eigenvalue weighted by Crippen LogP contribution is 2.30. The van der Waals surface area contributed by atoms with Crippen molar-refractivity contribution in [1.82, 2.24) is 4.98 Å². The van der Waals surface area contributed by atoms with Gasteiger partial charge in [-0.25, -0.2) is 4.39 Å². The van der Waals surface area contributed by atoms with Crippen LogP contribution in [0.1, 0.15) is 12.5 Å². The number of pyridine rings is 1. The number of benzene rings is 1. The molecule has 1 aromatic heterocycles. The van der Waals surface area contributed by atoms with Crippen LogP contribution in [0.3, 0.4) is 0 Å². The first-order chi connectivity index (χ1) is 9.11. The van der Waals surface area contributed by atoms with Crippen molar-refractivity contribution in [2.75, 3.05) is 17.2 Å². The largest absolute Gasteiger partial charge is 0.397 e. The van der Waals surface area contributed by atoms with Crippen LogP contribution in [0.25, 0.3) is 0 Å². The molecule has 0 aliphatic heterocycles. The molecule has 0 spiro atoms. The quantitative estimate of drug-likeness (QED) is 0.874. The molecule has 0 atom stereocenters. The van der Waals surface area contributed by atoms with E-state index in [0.29, 0.717) is 16.7 Å². The summed E-state index contributed by atoms with van der Waals surface area (Å²) in [6, 6.07) is 6.97. The molecule has 0 saturated heterocycles. The van der Waals surface area contributed by atoms with Crippen LogP contribution in [0.15, 0.2) is 41.1 Å². The molecule has 0 aliphatic carbocycles. The lowest BCUT2D eigenvalue weighted by molar-refractivity contribution is 0.621. The van der Waals surface area contributed by atoms with E-state index in [-0.39, 0.29) is 5.82 Å². The average molecular weight is 324 g/mol. The van der Waals surface area contributed by atoms with Gasteiger partial charge in [0.1, 0.15) is 5.82 Å². The SMILES string of the molecule is CCN(Cc1ccncc1)c1cc(Br)c(F)cc1N. The Balaban J connectivity index is 2.30. The number of anilines is 2. The molecule has 0 bridgehead atoms. The summed E-state index contributed by atoms with van der Waals surface area (Å²) in [5.74, 6) is -0.346. The number of rotatable bonds is 4. The van der Waals surface area contributed by atoms with Crippen molar-refractivity contribution in [2.45, 2.75) is 13.5 Å². The van der Waals surface area contributed by atoms with Crippen molar-refractivity contribution < 1.29 is 4.39 Å². The maximum Gasteiger partial charge on any atom is 0.139 e. The van der Waals surface area contributed by atoms with Crippen molar-refractivity contribution in [1.29, 1.82) is 0 Å². The Hall–Kier alpha value is -1.62. The van der Waals surface area contributed by atoms with Gasteiger partial charge in [-0.1, -0.05) is 0 Å². The summed E-state index contributed by atoms with van der Waals surface area (Å²) < 4.78 is 13.8. The summed E-state index contributed by atoms with van der Waals surface area (Å²) in [4.78, 5) is 6.09. The second-order valence-corrected chi connectivity index (χ2v) is 5.05. The summed E-state index contributed by atoms with van der Waals surface area (Å²) in [6.07, 6.45) is 3.51. The van der Waals surface area contributed by atoms with Gasteiger partial charge in [0.15, 0.2) is 0 Å². The van der Waals surface area contributed by atoms with Crippen molar-refractivity contribution in [3.63, 3.8) is 0 Å². The minimum atomic E-state index is -0.346. The Morgan fingerprint density at radius 1 is 1.32 bits per heavy atom. The Morgan fingerprint density at radius 2 is 2.00 bits per heavy atom. The Kier molecular flexibility index (Phi) is 4.37. The third-order valence-electron chi connectivity index (χ3n) is 2.91. The van der Waals surface area contributed by atoms with Crippen molar-refractivity contribution in [2.24, 2.45) is 0 Å².